The molecule has 2 rings (SSSR count). The first-order chi connectivity index (χ1) is 10.2. The molecule has 0 aromatic carbocycles. The molecule has 0 fully saturated rings. The third kappa shape index (κ3) is 3.76. The van der Waals surface area contributed by atoms with Gasteiger partial charge in [-0.15, -0.1) is 11.6 Å². The highest BCUT2D eigenvalue weighted by molar-refractivity contribution is 6.17. The Labute approximate surface area is 132 Å². The van der Waals surface area contributed by atoms with E-state index in [1.54, 1.807) is 0 Å². The van der Waals surface area contributed by atoms with E-state index in [1.807, 2.05) is 13.0 Å². The van der Waals surface area contributed by atoms with Gasteiger partial charge in [0.05, 0.1) is 0 Å². The summed E-state index contributed by atoms with van der Waals surface area (Å²) in [5, 5.41) is 0. The van der Waals surface area contributed by atoms with Crippen LogP contribution in [0.2, 0.25) is 0 Å². The predicted molar refractivity (Wildman–Crippen MR) is 90.2 cm³/mol. The molecule has 2 aromatic heterocycles. The zero-order valence-corrected chi connectivity index (χ0v) is 14.2. The molecule has 4 heteroatoms. The van der Waals surface area contributed by atoms with Crippen LogP contribution in [0.5, 0.6) is 0 Å². The Morgan fingerprint density at radius 2 is 1.95 bits per heavy atom. The van der Waals surface area contributed by atoms with Crippen molar-refractivity contribution in [2.45, 2.75) is 65.3 Å². The second-order valence-electron chi connectivity index (χ2n) is 5.72. The molecular formula is C17H26ClN3. The van der Waals surface area contributed by atoms with Crippen LogP contribution in [0, 0.1) is 6.92 Å². The van der Waals surface area contributed by atoms with Gasteiger partial charge in [-0.25, -0.2) is 9.97 Å². The minimum atomic E-state index is 0.493. The van der Waals surface area contributed by atoms with Crippen LogP contribution in [-0.2, 0) is 6.42 Å². The first-order valence-electron chi connectivity index (χ1n) is 8.11. The number of halogens is 1. The fourth-order valence-corrected chi connectivity index (χ4v) is 3.10. The lowest BCUT2D eigenvalue weighted by Gasteiger charge is -2.21. The van der Waals surface area contributed by atoms with E-state index in [4.69, 9.17) is 21.6 Å². The van der Waals surface area contributed by atoms with Crippen LogP contribution in [0.4, 0.5) is 0 Å². The molecule has 0 radical (unpaired) electrons. The number of nitrogens with zero attached hydrogens (tertiary/aromatic N) is 3. The summed E-state index contributed by atoms with van der Waals surface area (Å²) in [6.07, 6.45) is 6.83. The van der Waals surface area contributed by atoms with Gasteiger partial charge in [0.25, 0.3) is 0 Å². The Kier molecular flexibility index (Phi) is 6.04. The molecule has 2 aromatic rings. The van der Waals surface area contributed by atoms with E-state index in [0.29, 0.717) is 11.9 Å². The van der Waals surface area contributed by atoms with Crippen LogP contribution in [0.1, 0.15) is 63.5 Å². The number of rotatable bonds is 8. The van der Waals surface area contributed by atoms with Crippen molar-refractivity contribution >= 4 is 22.8 Å². The Morgan fingerprint density at radius 3 is 2.62 bits per heavy atom. The van der Waals surface area contributed by atoms with Crippen LogP contribution in [0.25, 0.3) is 11.2 Å². The summed E-state index contributed by atoms with van der Waals surface area (Å²) in [5.41, 5.74) is 3.08. The van der Waals surface area contributed by atoms with E-state index in [9.17, 15) is 0 Å². The van der Waals surface area contributed by atoms with Gasteiger partial charge in [-0.05, 0) is 31.9 Å². The summed E-state index contributed by atoms with van der Waals surface area (Å²) >= 11 is 5.98. The molecule has 0 bridgehead atoms. The molecule has 1 unspecified atom stereocenters. The molecule has 0 amide bonds. The molecule has 116 valence electrons. The van der Waals surface area contributed by atoms with Gasteiger partial charge in [0.2, 0.25) is 0 Å². The zero-order chi connectivity index (χ0) is 15.2. The van der Waals surface area contributed by atoms with Crippen molar-refractivity contribution < 1.29 is 0 Å². The Hall–Kier alpha value is -1.09. The number of pyridine rings is 1. The average molecular weight is 308 g/mol. The van der Waals surface area contributed by atoms with Gasteiger partial charge in [-0.3, -0.25) is 0 Å². The molecule has 1 atom stereocenters. The Balaban J connectivity index is 2.49. The Morgan fingerprint density at radius 1 is 1.14 bits per heavy atom. The van der Waals surface area contributed by atoms with Crippen molar-refractivity contribution in [3.8, 4) is 0 Å². The predicted octanol–water partition coefficient (Wildman–Crippen LogP) is 5.05. The molecule has 0 aliphatic rings. The van der Waals surface area contributed by atoms with Crippen LogP contribution < -0.4 is 0 Å². The highest BCUT2D eigenvalue weighted by Gasteiger charge is 2.19. The van der Waals surface area contributed by atoms with E-state index in [2.05, 4.69) is 24.5 Å². The van der Waals surface area contributed by atoms with Gasteiger partial charge < -0.3 is 4.57 Å². The summed E-state index contributed by atoms with van der Waals surface area (Å²) in [7, 11) is 0. The van der Waals surface area contributed by atoms with Gasteiger partial charge in [0.15, 0.2) is 5.65 Å². The maximum Gasteiger partial charge on any atom is 0.160 e. The molecule has 0 saturated heterocycles. The van der Waals surface area contributed by atoms with Crippen molar-refractivity contribution in [3.05, 3.63) is 23.7 Å². The van der Waals surface area contributed by atoms with Crippen LogP contribution in [0.3, 0.4) is 0 Å². The lowest BCUT2D eigenvalue weighted by atomic mass is 10.0. The minimum Gasteiger partial charge on any atom is -0.310 e. The third-order valence-electron chi connectivity index (χ3n) is 3.95. The van der Waals surface area contributed by atoms with Crippen molar-refractivity contribution in [2.75, 3.05) is 5.88 Å². The highest BCUT2D eigenvalue weighted by atomic mass is 35.5. The molecule has 0 saturated carbocycles. The van der Waals surface area contributed by atoms with Crippen LogP contribution >= 0.6 is 11.6 Å². The molecule has 0 N–H and O–H groups in total. The van der Waals surface area contributed by atoms with Gasteiger partial charge in [-0.1, -0.05) is 33.1 Å². The summed E-state index contributed by atoms with van der Waals surface area (Å²) in [5.74, 6) is 1.70. The fourth-order valence-electron chi connectivity index (χ4n) is 2.94. The van der Waals surface area contributed by atoms with Gasteiger partial charge in [-0.2, -0.15) is 0 Å². The van der Waals surface area contributed by atoms with E-state index in [0.717, 1.165) is 29.1 Å². The second kappa shape index (κ2) is 7.79. The molecule has 2 heterocycles. The van der Waals surface area contributed by atoms with Gasteiger partial charge in [0, 0.05) is 24.0 Å². The maximum atomic E-state index is 5.98. The summed E-state index contributed by atoms with van der Waals surface area (Å²) < 4.78 is 2.36. The number of unbranched alkanes of at least 4 members (excludes halogenated alkanes) is 1. The summed E-state index contributed by atoms with van der Waals surface area (Å²) in [6, 6.07) is 4.60. The fraction of sp³-hybridized carbons (Fsp3) is 0.647. The van der Waals surface area contributed by atoms with Crippen molar-refractivity contribution in [1.29, 1.82) is 0 Å². The number of aryl methyl sites for hydroxylation is 2. The topological polar surface area (TPSA) is 30.7 Å². The standard InChI is InChI=1S/C17H26ClN3/c1-4-6-8-14(7-5-2)21-16(11-12-18)20-15-10-9-13(3)19-17(15)21/h9-10,14H,4-8,11-12H2,1-3H3. The summed E-state index contributed by atoms with van der Waals surface area (Å²) in [4.78, 5) is 9.52. The highest BCUT2D eigenvalue weighted by Crippen LogP contribution is 2.28. The number of alkyl halides is 1. The minimum absolute atomic E-state index is 0.493. The number of hydrogen-bond acceptors (Lipinski definition) is 2. The van der Waals surface area contributed by atoms with Crippen LogP contribution in [-0.4, -0.2) is 20.4 Å². The van der Waals surface area contributed by atoms with Gasteiger partial charge >= 0.3 is 0 Å². The quantitative estimate of drug-likeness (QED) is 0.639. The zero-order valence-electron chi connectivity index (χ0n) is 13.4. The van der Waals surface area contributed by atoms with Crippen molar-refractivity contribution in [1.82, 2.24) is 14.5 Å². The second-order valence-corrected chi connectivity index (χ2v) is 6.10. The first kappa shape index (κ1) is 16.3. The van der Waals surface area contributed by atoms with E-state index in [-0.39, 0.29) is 0 Å². The largest absolute Gasteiger partial charge is 0.310 e. The number of hydrogen-bond donors (Lipinski definition) is 0. The average Bonchev–Trinajstić information content (AvgIpc) is 2.81. The van der Waals surface area contributed by atoms with E-state index >= 15 is 0 Å². The molecular weight excluding hydrogens is 282 g/mol. The lowest BCUT2D eigenvalue weighted by molar-refractivity contribution is 0.414. The normalized spacial score (nSPS) is 13.0. The van der Waals surface area contributed by atoms with Crippen LogP contribution in [0.15, 0.2) is 12.1 Å². The molecule has 0 aliphatic carbocycles. The summed E-state index contributed by atoms with van der Waals surface area (Å²) in [6.45, 7) is 6.54. The molecule has 0 aliphatic heterocycles. The molecule has 21 heavy (non-hydrogen) atoms. The van der Waals surface area contributed by atoms with E-state index in [1.165, 1.54) is 32.1 Å². The van der Waals surface area contributed by atoms with Crippen molar-refractivity contribution in [3.63, 3.8) is 0 Å². The first-order valence-corrected chi connectivity index (χ1v) is 8.65. The molecule has 0 spiro atoms. The number of fused-ring (bicyclic) bond motifs is 1. The van der Waals surface area contributed by atoms with Gasteiger partial charge in [0.1, 0.15) is 11.3 Å². The maximum absolute atomic E-state index is 5.98. The smallest absolute Gasteiger partial charge is 0.160 e. The Bertz CT molecular complexity index is 577. The lowest BCUT2D eigenvalue weighted by Crippen LogP contribution is -2.14. The monoisotopic (exact) mass is 307 g/mol. The van der Waals surface area contributed by atoms with E-state index < -0.39 is 0 Å². The number of aromatic nitrogens is 3. The molecule has 3 nitrogen and oxygen atoms in total. The van der Waals surface area contributed by atoms with Crippen molar-refractivity contribution in [2.24, 2.45) is 0 Å². The SMILES string of the molecule is CCCCC(CCC)n1c(CCCl)nc2ccc(C)nc21. The number of imidazole rings is 1. The third-order valence-corrected chi connectivity index (χ3v) is 4.13.